The third kappa shape index (κ3) is 2.43. The van der Waals surface area contributed by atoms with Crippen LogP contribution in [0.15, 0.2) is 48.5 Å². The number of nitro groups is 1. The maximum atomic E-state index is 13.7. The normalized spacial score (nSPS) is 28.9. The highest BCUT2D eigenvalue weighted by atomic mass is 16.6. The Hall–Kier alpha value is -3.59. The molecule has 0 saturated carbocycles. The maximum Gasteiger partial charge on any atom is 0.271 e. The molecule has 3 heterocycles. The maximum absolute atomic E-state index is 13.7. The lowest BCUT2D eigenvalue weighted by atomic mass is 9.76. The highest BCUT2D eigenvalue weighted by molar-refractivity contribution is 6.25. The van der Waals surface area contributed by atoms with Crippen LogP contribution in [0.4, 0.5) is 17.1 Å². The van der Waals surface area contributed by atoms with Gasteiger partial charge in [-0.2, -0.15) is 0 Å². The number of fused-ring (bicyclic) bond motifs is 4. The highest BCUT2D eigenvalue weighted by Crippen LogP contribution is 2.54. The predicted octanol–water partition coefficient (Wildman–Crippen LogP) is 2.18. The number of para-hydroxylation sites is 1. The van der Waals surface area contributed by atoms with E-state index in [0.717, 1.165) is 4.90 Å². The van der Waals surface area contributed by atoms with Crippen LogP contribution >= 0.6 is 0 Å². The Bertz CT molecular complexity index is 1160. The molecule has 3 aliphatic rings. The van der Waals surface area contributed by atoms with Gasteiger partial charge < -0.3 is 5.32 Å². The molecule has 0 aromatic heterocycles. The van der Waals surface area contributed by atoms with Gasteiger partial charge in [-0.05, 0) is 18.1 Å². The topological polar surface area (TPSA) is 122 Å². The number of hydrogen-bond donors (Lipinski definition) is 2. The Balaban J connectivity index is 1.67. The zero-order valence-electron chi connectivity index (χ0n) is 16.9. The van der Waals surface area contributed by atoms with Crippen LogP contribution in [-0.4, -0.2) is 28.7 Å². The van der Waals surface area contributed by atoms with Gasteiger partial charge in [-0.3, -0.25) is 29.8 Å². The Morgan fingerprint density at radius 3 is 2.52 bits per heavy atom. The number of imide groups is 1. The van der Waals surface area contributed by atoms with Gasteiger partial charge in [-0.25, -0.2) is 4.90 Å². The molecule has 4 atom stereocenters. The van der Waals surface area contributed by atoms with E-state index in [1.54, 1.807) is 24.3 Å². The van der Waals surface area contributed by atoms with E-state index in [0.29, 0.717) is 11.3 Å². The summed E-state index contributed by atoms with van der Waals surface area (Å²) in [4.78, 5) is 52.1. The molecule has 1 spiro atoms. The van der Waals surface area contributed by atoms with Crippen LogP contribution in [0.3, 0.4) is 0 Å². The summed E-state index contributed by atoms with van der Waals surface area (Å²) in [7, 11) is 0. The molecule has 3 amide bonds. The number of nitrogens with zero attached hydrogens (tertiary/aromatic N) is 2. The minimum Gasteiger partial charge on any atom is -0.324 e. The van der Waals surface area contributed by atoms with Crippen molar-refractivity contribution in [1.82, 2.24) is 5.32 Å². The van der Waals surface area contributed by atoms with Gasteiger partial charge in [0.25, 0.3) is 5.69 Å². The average Bonchev–Trinajstić information content (AvgIpc) is 3.33. The van der Waals surface area contributed by atoms with Crippen molar-refractivity contribution in [2.75, 3.05) is 10.2 Å². The molecule has 2 aromatic rings. The minimum atomic E-state index is -1.36. The Morgan fingerprint density at radius 1 is 1.06 bits per heavy atom. The van der Waals surface area contributed by atoms with Gasteiger partial charge in [0.05, 0.1) is 22.4 Å². The number of nitrogens with one attached hydrogen (secondary N) is 2. The zero-order chi connectivity index (χ0) is 22.1. The van der Waals surface area contributed by atoms with E-state index in [1.165, 1.54) is 24.3 Å². The summed E-state index contributed by atoms with van der Waals surface area (Å²) in [5, 5.41) is 17.4. The molecule has 2 fully saturated rings. The first-order chi connectivity index (χ1) is 14.8. The van der Waals surface area contributed by atoms with Crippen LogP contribution in [0.25, 0.3) is 0 Å². The number of rotatable bonds is 3. The van der Waals surface area contributed by atoms with Gasteiger partial charge in [0.15, 0.2) is 0 Å². The summed E-state index contributed by atoms with van der Waals surface area (Å²) < 4.78 is 0. The van der Waals surface area contributed by atoms with Gasteiger partial charge in [0.1, 0.15) is 5.54 Å². The molecule has 3 aliphatic heterocycles. The number of benzene rings is 2. The fourth-order valence-corrected chi connectivity index (χ4v) is 5.26. The number of carbonyl (C=O) groups excluding carboxylic acids is 3. The minimum absolute atomic E-state index is 0.0331. The van der Waals surface area contributed by atoms with Crippen molar-refractivity contribution in [3.63, 3.8) is 0 Å². The molecule has 2 aromatic carbocycles. The largest absolute Gasteiger partial charge is 0.324 e. The van der Waals surface area contributed by atoms with Crippen molar-refractivity contribution in [2.24, 2.45) is 17.8 Å². The van der Waals surface area contributed by atoms with Crippen LogP contribution in [0.1, 0.15) is 19.4 Å². The fourth-order valence-electron chi connectivity index (χ4n) is 5.26. The Labute approximate surface area is 177 Å². The van der Waals surface area contributed by atoms with E-state index in [4.69, 9.17) is 0 Å². The molecule has 5 rings (SSSR count). The first-order valence-electron chi connectivity index (χ1n) is 10.1. The summed E-state index contributed by atoms with van der Waals surface area (Å²) in [5.41, 5.74) is -0.189. The predicted molar refractivity (Wildman–Crippen MR) is 111 cm³/mol. The summed E-state index contributed by atoms with van der Waals surface area (Å²) >= 11 is 0. The smallest absolute Gasteiger partial charge is 0.271 e. The highest BCUT2D eigenvalue weighted by Gasteiger charge is 2.70. The molecular weight excluding hydrogens is 400 g/mol. The summed E-state index contributed by atoms with van der Waals surface area (Å²) in [6, 6.07) is 12.2. The average molecular weight is 420 g/mol. The molecule has 9 nitrogen and oxygen atoms in total. The molecule has 0 bridgehead atoms. The third-order valence-corrected chi connectivity index (χ3v) is 6.57. The quantitative estimate of drug-likeness (QED) is 0.446. The summed E-state index contributed by atoms with van der Waals surface area (Å²) in [6.07, 6.45) is 0. The standard InChI is InChI=1S/C22H20N4O5/c1-11(2)18-16-17(22(24-18)14-8-3-4-9-15(14)23-21(22)29)20(28)25(19(16)27)12-6-5-7-13(10-12)26(30)31/h3-11,16-18,24H,1-2H3,(H,23,29)/t16-,17-,18+,22+/m1/s1. The second kappa shape index (κ2) is 6.45. The number of hydrogen-bond acceptors (Lipinski definition) is 6. The van der Waals surface area contributed by atoms with E-state index in [2.05, 4.69) is 10.6 Å². The van der Waals surface area contributed by atoms with Gasteiger partial charge in [0.2, 0.25) is 17.7 Å². The van der Waals surface area contributed by atoms with E-state index in [-0.39, 0.29) is 23.2 Å². The zero-order valence-corrected chi connectivity index (χ0v) is 16.9. The Morgan fingerprint density at radius 2 is 1.81 bits per heavy atom. The monoisotopic (exact) mass is 420 g/mol. The molecule has 0 unspecified atom stereocenters. The van der Waals surface area contributed by atoms with Gasteiger partial charge in [-0.1, -0.05) is 38.1 Å². The molecule has 31 heavy (non-hydrogen) atoms. The van der Waals surface area contributed by atoms with Crippen LogP contribution in [0.5, 0.6) is 0 Å². The molecule has 158 valence electrons. The first-order valence-corrected chi connectivity index (χ1v) is 10.1. The van der Waals surface area contributed by atoms with Crippen molar-refractivity contribution in [3.8, 4) is 0 Å². The Kier molecular flexibility index (Phi) is 4.03. The molecule has 2 saturated heterocycles. The molecule has 0 radical (unpaired) electrons. The van der Waals surface area contributed by atoms with E-state index < -0.39 is 40.2 Å². The molecule has 2 N–H and O–H groups in total. The number of anilines is 2. The van der Waals surface area contributed by atoms with E-state index >= 15 is 0 Å². The molecular formula is C22H20N4O5. The van der Waals surface area contributed by atoms with E-state index in [9.17, 15) is 24.5 Å². The van der Waals surface area contributed by atoms with Crippen LogP contribution in [0, 0.1) is 27.9 Å². The van der Waals surface area contributed by atoms with Gasteiger partial charge in [-0.15, -0.1) is 0 Å². The van der Waals surface area contributed by atoms with Crippen molar-refractivity contribution in [3.05, 3.63) is 64.2 Å². The molecule has 0 aliphatic carbocycles. The third-order valence-electron chi connectivity index (χ3n) is 6.57. The lowest BCUT2D eigenvalue weighted by Crippen LogP contribution is -2.54. The van der Waals surface area contributed by atoms with Crippen molar-refractivity contribution in [1.29, 1.82) is 0 Å². The van der Waals surface area contributed by atoms with Crippen molar-refractivity contribution < 1.29 is 19.3 Å². The fraction of sp³-hybridized carbons (Fsp3) is 0.318. The molecule has 9 heteroatoms. The number of nitro benzene ring substituents is 1. The second-order valence-electron chi connectivity index (χ2n) is 8.51. The lowest BCUT2D eigenvalue weighted by Gasteiger charge is -2.30. The SMILES string of the molecule is CC(C)[C@@H]1N[C@]2(C(=O)Nc3ccccc32)[C@H]2C(=O)N(c3cccc([N+](=O)[O-])c3)C(=O)[C@@H]12. The lowest BCUT2D eigenvalue weighted by molar-refractivity contribution is -0.384. The van der Waals surface area contributed by atoms with Crippen LogP contribution in [-0.2, 0) is 19.9 Å². The number of non-ortho nitro benzene ring substituents is 1. The van der Waals surface area contributed by atoms with Crippen molar-refractivity contribution >= 4 is 34.8 Å². The van der Waals surface area contributed by atoms with Gasteiger partial charge in [0, 0.05) is 29.4 Å². The van der Waals surface area contributed by atoms with E-state index in [1.807, 2.05) is 13.8 Å². The van der Waals surface area contributed by atoms with Crippen LogP contribution in [0.2, 0.25) is 0 Å². The van der Waals surface area contributed by atoms with Gasteiger partial charge >= 0.3 is 0 Å². The number of carbonyl (C=O) groups is 3. The first kappa shape index (κ1) is 19.4. The summed E-state index contributed by atoms with van der Waals surface area (Å²) in [5.74, 6) is -3.09. The van der Waals surface area contributed by atoms with Crippen molar-refractivity contribution in [2.45, 2.75) is 25.4 Å². The summed E-state index contributed by atoms with van der Waals surface area (Å²) in [6.45, 7) is 3.86. The number of amides is 3. The van der Waals surface area contributed by atoms with Crippen LogP contribution < -0.4 is 15.5 Å². The second-order valence-corrected chi connectivity index (χ2v) is 8.51.